The number of hydrogen-bond donors (Lipinski definition) is 1. The predicted molar refractivity (Wildman–Crippen MR) is 87.7 cm³/mol. The Morgan fingerprint density at radius 3 is 2.92 bits per heavy atom. The van der Waals surface area contributed by atoms with Crippen LogP contribution in [0.3, 0.4) is 0 Å². The summed E-state index contributed by atoms with van der Waals surface area (Å²) >= 11 is 0. The molecule has 8 heteroatoms. The molecular formula is C17H12FN5O2. The molecule has 2 aromatic carbocycles. The molecule has 0 unspecified atom stereocenters. The van der Waals surface area contributed by atoms with Crippen molar-refractivity contribution in [2.75, 3.05) is 5.32 Å². The van der Waals surface area contributed by atoms with E-state index >= 15 is 0 Å². The average Bonchev–Trinajstić information content (AvgIpc) is 3.26. The summed E-state index contributed by atoms with van der Waals surface area (Å²) in [6.07, 6.45) is 2.74. The molecule has 0 atom stereocenters. The number of carbonyl (C=O) groups is 1. The van der Waals surface area contributed by atoms with Crippen LogP contribution in [0.1, 0.15) is 5.69 Å². The van der Waals surface area contributed by atoms with Gasteiger partial charge < -0.3 is 9.84 Å². The first-order valence-corrected chi connectivity index (χ1v) is 7.48. The second-order valence-electron chi connectivity index (χ2n) is 5.36. The van der Waals surface area contributed by atoms with E-state index in [9.17, 15) is 9.18 Å². The van der Waals surface area contributed by atoms with Crippen LogP contribution in [0.15, 0.2) is 59.6 Å². The fourth-order valence-corrected chi connectivity index (χ4v) is 2.53. The highest BCUT2D eigenvalue weighted by atomic mass is 19.1. The van der Waals surface area contributed by atoms with Crippen molar-refractivity contribution in [2.24, 2.45) is 0 Å². The maximum Gasteiger partial charge on any atom is 0.230 e. The molecule has 0 spiro atoms. The zero-order chi connectivity index (χ0) is 17.2. The van der Waals surface area contributed by atoms with E-state index < -0.39 is 5.82 Å². The number of hydrogen-bond acceptors (Lipinski definition) is 5. The minimum Gasteiger partial charge on any atom is -0.356 e. The zero-order valence-electron chi connectivity index (χ0n) is 12.9. The number of amides is 1. The minimum absolute atomic E-state index is 0.0312. The van der Waals surface area contributed by atoms with E-state index in [0.717, 1.165) is 5.39 Å². The fraction of sp³-hybridized carbons (Fsp3) is 0.0588. The first-order chi connectivity index (χ1) is 12.2. The molecule has 7 nitrogen and oxygen atoms in total. The number of aromatic nitrogens is 4. The average molecular weight is 337 g/mol. The highest BCUT2D eigenvalue weighted by Gasteiger charge is 2.13. The van der Waals surface area contributed by atoms with Gasteiger partial charge in [-0.1, -0.05) is 17.3 Å². The van der Waals surface area contributed by atoms with Gasteiger partial charge in [0.05, 0.1) is 6.42 Å². The van der Waals surface area contributed by atoms with Crippen LogP contribution < -0.4 is 5.32 Å². The quantitative estimate of drug-likeness (QED) is 0.619. The normalized spacial score (nSPS) is 10.9. The van der Waals surface area contributed by atoms with E-state index in [0.29, 0.717) is 17.0 Å². The molecule has 0 aliphatic rings. The Morgan fingerprint density at radius 2 is 2.12 bits per heavy atom. The molecular weight excluding hydrogens is 325 g/mol. The van der Waals surface area contributed by atoms with Crippen LogP contribution in [0.2, 0.25) is 0 Å². The van der Waals surface area contributed by atoms with Crippen molar-refractivity contribution in [3.8, 4) is 5.69 Å². The molecule has 0 aliphatic carbocycles. The summed E-state index contributed by atoms with van der Waals surface area (Å²) < 4.78 is 20.7. The number of rotatable bonds is 4. The van der Waals surface area contributed by atoms with Crippen molar-refractivity contribution in [3.63, 3.8) is 0 Å². The fourth-order valence-electron chi connectivity index (χ4n) is 2.53. The van der Waals surface area contributed by atoms with Gasteiger partial charge in [-0.05, 0) is 30.3 Å². The Kier molecular flexibility index (Phi) is 3.70. The van der Waals surface area contributed by atoms with Crippen molar-refractivity contribution in [3.05, 3.63) is 66.6 Å². The number of fused-ring (bicyclic) bond motifs is 1. The van der Waals surface area contributed by atoms with E-state index in [1.807, 2.05) is 18.2 Å². The highest BCUT2D eigenvalue weighted by Crippen LogP contribution is 2.20. The number of para-hydroxylation sites is 1. The third-order valence-corrected chi connectivity index (χ3v) is 3.68. The molecule has 4 rings (SSSR count). The zero-order valence-corrected chi connectivity index (χ0v) is 12.9. The first-order valence-electron chi connectivity index (χ1n) is 7.48. The second kappa shape index (κ2) is 6.16. The van der Waals surface area contributed by atoms with Gasteiger partial charge in [0, 0.05) is 11.1 Å². The van der Waals surface area contributed by atoms with Gasteiger partial charge in [-0.2, -0.15) is 5.10 Å². The smallest absolute Gasteiger partial charge is 0.230 e. The predicted octanol–water partition coefficient (Wildman–Crippen LogP) is 2.73. The minimum atomic E-state index is -0.518. The topological polar surface area (TPSA) is 85.8 Å². The molecule has 2 aromatic heterocycles. The molecule has 124 valence electrons. The van der Waals surface area contributed by atoms with Crippen LogP contribution in [0.25, 0.3) is 16.7 Å². The van der Waals surface area contributed by atoms with Crippen LogP contribution in [0.4, 0.5) is 10.1 Å². The molecule has 1 amide bonds. The van der Waals surface area contributed by atoms with Crippen molar-refractivity contribution < 1.29 is 13.7 Å². The van der Waals surface area contributed by atoms with Crippen LogP contribution in [-0.2, 0) is 11.2 Å². The molecule has 4 aromatic rings. The summed E-state index contributed by atoms with van der Waals surface area (Å²) in [5.74, 6) is -0.831. The summed E-state index contributed by atoms with van der Waals surface area (Å²) in [5.41, 5.74) is 1.75. The lowest BCUT2D eigenvalue weighted by Crippen LogP contribution is -2.15. The third-order valence-electron chi connectivity index (χ3n) is 3.68. The molecule has 0 aliphatic heterocycles. The lowest BCUT2D eigenvalue weighted by Gasteiger charge is -2.07. The Morgan fingerprint density at radius 1 is 1.24 bits per heavy atom. The molecule has 0 fully saturated rings. The largest absolute Gasteiger partial charge is 0.356 e. The first kappa shape index (κ1) is 15.0. The van der Waals surface area contributed by atoms with Crippen molar-refractivity contribution in [2.45, 2.75) is 6.42 Å². The maximum absolute atomic E-state index is 14.2. The van der Waals surface area contributed by atoms with Crippen LogP contribution in [0.5, 0.6) is 0 Å². The van der Waals surface area contributed by atoms with Crippen LogP contribution in [-0.4, -0.2) is 25.8 Å². The molecule has 0 saturated heterocycles. The van der Waals surface area contributed by atoms with E-state index in [4.69, 9.17) is 4.52 Å². The summed E-state index contributed by atoms with van der Waals surface area (Å²) in [4.78, 5) is 16.0. The Balaban J connectivity index is 1.50. The van der Waals surface area contributed by atoms with E-state index in [2.05, 4.69) is 20.6 Å². The highest BCUT2D eigenvalue weighted by molar-refractivity contribution is 5.94. The van der Waals surface area contributed by atoms with Crippen molar-refractivity contribution in [1.82, 2.24) is 19.9 Å². The summed E-state index contributed by atoms with van der Waals surface area (Å²) in [6, 6.07) is 11.6. The van der Waals surface area contributed by atoms with Crippen LogP contribution in [0, 0.1) is 5.82 Å². The monoisotopic (exact) mass is 337 g/mol. The van der Waals surface area contributed by atoms with Gasteiger partial charge in [-0.3, -0.25) is 4.79 Å². The lowest BCUT2D eigenvalue weighted by atomic mass is 10.1. The Bertz CT molecular complexity index is 1040. The van der Waals surface area contributed by atoms with Gasteiger partial charge in [0.15, 0.2) is 11.4 Å². The molecule has 25 heavy (non-hydrogen) atoms. The SMILES string of the molecule is O=C(Cc1noc2ccccc12)Nc1ccc(-n2cncn2)c(F)c1. The Labute approximate surface area is 141 Å². The Hall–Kier alpha value is -3.55. The van der Waals surface area contributed by atoms with Crippen molar-refractivity contribution in [1.29, 1.82) is 0 Å². The van der Waals surface area contributed by atoms with Crippen molar-refractivity contribution >= 4 is 22.6 Å². The summed E-state index contributed by atoms with van der Waals surface area (Å²) in [7, 11) is 0. The maximum atomic E-state index is 14.2. The molecule has 0 saturated carbocycles. The molecule has 0 bridgehead atoms. The number of nitrogens with zero attached hydrogens (tertiary/aromatic N) is 4. The molecule has 2 heterocycles. The second-order valence-corrected chi connectivity index (χ2v) is 5.36. The third kappa shape index (κ3) is 2.97. The van der Waals surface area contributed by atoms with E-state index in [1.54, 1.807) is 12.1 Å². The molecule has 1 N–H and O–H groups in total. The van der Waals surface area contributed by atoms with E-state index in [-0.39, 0.29) is 18.0 Å². The number of benzene rings is 2. The standard InChI is InChI=1S/C17H12FN5O2/c18-13-7-11(5-6-15(13)23-10-19-9-20-23)21-17(24)8-14-12-3-1-2-4-16(12)25-22-14/h1-7,9-10H,8H2,(H,21,24). The number of carbonyl (C=O) groups excluding carboxylic acids is 1. The van der Waals surface area contributed by atoms with Gasteiger partial charge in [0.2, 0.25) is 5.91 Å². The van der Waals surface area contributed by atoms with Crippen LogP contribution >= 0.6 is 0 Å². The molecule has 0 radical (unpaired) electrons. The van der Waals surface area contributed by atoms with Gasteiger partial charge in [0.1, 0.15) is 24.0 Å². The van der Waals surface area contributed by atoms with E-state index in [1.165, 1.54) is 29.5 Å². The van der Waals surface area contributed by atoms with Gasteiger partial charge in [-0.15, -0.1) is 0 Å². The summed E-state index contributed by atoms with van der Waals surface area (Å²) in [5, 5.41) is 11.2. The number of nitrogens with one attached hydrogen (secondary N) is 1. The van der Waals surface area contributed by atoms with Gasteiger partial charge >= 0.3 is 0 Å². The van der Waals surface area contributed by atoms with Gasteiger partial charge in [0.25, 0.3) is 0 Å². The summed E-state index contributed by atoms with van der Waals surface area (Å²) in [6.45, 7) is 0. The number of halogens is 1. The van der Waals surface area contributed by atoms with Gasteiger partial charge in [-0.25, -0.2) is 14.1 Å². The lowest BCUT2D eigenvalue weighted by molar-refractivity contribution is -0.115. The number of anilines is 1.